The number of hydrogen-bond donors (Lipinski definition) is 3. The fourth-order valence-corrected chi connectivity index (χ4v) is 3.25. The van der Waals surface area contributed by atoms with Crippen LogP contribution in [0.15, 0.2) is 43.7 Å². The van der Waals surface area contributed by atoms with Gasteiger partial charge < -0.3 is 20.2 Å². The van der Waals surface area contributed by atoms with Crippen molar-refractivity contribution >= 4 is 56.7 Å². The highest BCUT2D eigenvalue weighted by molar-refractivity contribution is 9.11. The van der Waals surface area contributed by atoms with Crippen molar-refractivity contribution in [3.63, 3.8) is 0 Å². The van der Waals surface area contributed by atoms with Crippen LogP contribution in [-0.4, -0.2) is 30.8 Å². The molecule has 0 spiro atoms. The Morgan fingerprint density at radius 1 is 1.08 bits per heavy atom. The Hall–Kier alpha value is -0.0800. The van der Waals surface area contributed by atoms with Crippen molar-refractivity contribution in [2.45, 2.75) is 19.6 Å². The molecule has 1 unspecified atom stereocenters. The summed E-state index contributed by atoms with van der Waals surface area (Å²) in [5, 5.41) is 15.6. The van der Waals surface area contributed by atoms with E-state index in [0.29, 0.717) is 13.1 Å². The predicted octanol–water partition coefficient (Wildman–Crippen LogP) is 4.38. The molecular weight excluding hydrogens is 483 g/mol. The van der Waals surface area contributed by atoms with Gasteiger partial charge >= 0.3 is 0 Å². The molecule has 1 atom stereocenters. The fraction of sp³-hybridized carbons (Fsp3) is 0.375. The Bertz CT molecular complexity index is 610. The highest BCUT2D eigenvalue weighted by Crippen LogP contribution is 2.31. The second kappa shape index (κ2) is 12.3. The van der Waals surface area contributed by atoms with Crippen LogP contribution in [0.2, 0.25) is 0 Å². The summed E-state index contributed by atoms with van der Waals surface area (Å²) in [6, 6.07) is 9.99. The van der Waals surface area contributed by atoms with Gasteiger partial charge in [-0.25, -0.2) is 0 Å². The molecule has 0 aliphatic carbocycles. The molecule has 1 aromatic heterocycles. The third kappa shape index (κ3) is 7.87. The number of aliphatic hydroxyl groups excluding tert-OH is 1. The second-order valence-corrected chi connectivity index (χ2v) is 6.89. The number of furan rings is 1. The molecule has 1 heterocycles. The van der Waals surface area contributed by atoms with Gasteiger partial charge in [0.2, 0.25) is 0 Å². The first-order valence-electron chi connectivity index (χ1n) is 7.20. The van der Waals surface area contributed by atoms with Crippen LogP contribution in [0.25, 0.3) is 11.3 Å². The minimum atomic E-state index is -0.308. The molecule has 0 saturated carbocycles. The highest BCUT2D eigenvalue weighted by Gasteiger charge is 2.08. The Balaban J connectivity index is 0.00000264. The molecule has 0 radical (unpaired) electrons. The molecule has 0 fully saturated rings. The minimum absolute atomic E-state index is 0. The maximum atomic E-state index is 9.13. The summed E-state index contributed by atoms with van der Waals surface area (Å²) < 4.78 is 7.89. The number of hydrogen-bond acceptors (Lipinski definition) is 4. The molecule has 3 N–H and O–H groups in total. The lowest BCUT2D eigenvalue weighted by molar-refractivity contribution is 0.191. The molecule has 0 aliphatic rings. The summed E-state index contributed by atoms with van der Waals surface area (Å²) in [6.07, 6.45) is -0.308. The first-order valence-corrected chi connectivity index (χ1v) is 8.78. The van der Waals surface area contributed by atoms with Gasteiger partial charge in [0.15, 0.2) is 0 Å². The lowest BCUT2D eigenvalue weighted by Crippen LogP contribution is -2.31. The lowest BCUT2D eigenvalue weighted by Gasteiger charge is -2.07. The van der Waals surface area contributed by atoms with Crippen LogP contribution in [0.4, 0.5) is 0 Å². The Labute approximate surface area is 171 Å². The molecule has 2 rings (SSSR count). The average molecular weight is 505 g/mol. The zero-order valence-electron chi connectivity index (χ0n) is 13.2. The van der Waals surface area contributed by atoms with E-state index in [-0.39, 0.29) is 30.9 Å². The summed E-state index contributed by atoms with van der Waals surface area (Å²) in [6.45, 7) is 4.71. The Morgan fingerprint density at radius 3 is 2.46 bits per heavy atom. The third-order valence-electron chi connectivity index (χ3n) is 3.08. The Kier molecular flexibility index (Phi) is 12.3. The van der Waals surface area contributed by atoms with Crippen LogP contribution >= 0.6 is 56.7 Å². The first-order chi connectivity index (χ1) is 10.6. The molecule has 24 heavy (non-hydrogen) atoms. The lowest BCUT2D eigenvalue weighted by atomic mass is 10.2. The summed E-state index contributed by atoms with van der Waals surface area (Å²) in [7, 11) is 0. The molecule has 8 heteroatoms. The zero-order valence-corrected chi connectivity index (χ0v) is 18.0. The largest absolute Gasteiger partial charge is 0.460 e. The van der Waals surface area contributed by atoms with Crippen molar-refractivity contribution in [3.05, 3.63) is 45.0 Å². The summed E-state index contributed by atoms with van der Waals surface area (Å²) in [5.41, 5.74) is 1.04. The van der Waals surface area contributed by atoms with Gasteiger partial charge in [-0.3, -0.25) is 0 Å². The van der Waals surface area contributed by atoms with Crippen molar-refractivity contribution < 1.29 is 9.52 Å². The first kappa shape index (κ1) is 23.9. The summed E-state index contributed by atoms with van der Waals surface area (Å²) in [5.74, 6) is 1.75. The van der Waals surface area contributed by atoms with Gasteiger partial charge in [0, 0.05) is 34.1 Å². The van der Waals surface area contributed by atoms with Gasteiger partial charge in [-0.2, -0.15) is 0 Å². The quantitative estimate of drug-likeness (QED) is 0.467. The van der Waals surface area contributed by atoms with E-state index in [0.717, 1.165) is 39.1 Å². The second-order valence-electron chi connectivity index (χ2n) is 5.12. The van der Waals surface area contributed by atoms with E-state index in [1.165, 1.54) is 0 Å². The number of aliphatic hydroxyl groups is 1. The predicted molar refractivity (Wildman–Crippen MR) is 110 cm³/mol. The molecule has 0 saturated heterocycles. The van der Waals surface area contributed by atoms with Crippen LogP contribution in [0.3, 0.4) is 0 Å². The van der Waals surface area contributed by atoms with Crippen LogP contribution in [-0.2, 0) is 6.54 Å². The molecule has 4 nitrogen and oxygen atoms in total. The van der Waals surface area contributed by atoms with Crippen molar-refractivity contribution in [2.24, 2.45) is 0 Å². The van der Waals surface area contributed by atoms with Gasteiger partial charge in [0.05, 0.1) is 12.6 Å². The van der Waals surface area contributed by atoms with Crippen molar-refractivity contribution in [1.82, 2.24) is 10.6 Å². The zero-order chi connectivity index (χ0) is 15.9. The average Bonchev–Trinajstić information content (AvgIpc) is 2.91. The van der Waals surface area contributed by atoms with Crippen molar-refractivity contribution in [2.75, 3.05) is 19.6 Å². The van der Waals surface area contributed by atoms with E-state index in [1.54, 1.807) is 6.92 Å². The third-order valence-corrected chi connectivity index (χ3v) is 4.23. The topological polar surface area (TPSA) is 57.4 Å². The Morgan fingerprint density at radius 2 is 1.79 bits per heavy atom. The van der Waals surface area contributed by atoms with Gasteiger partial charge in [-0.1, -0.05) is 15.9 Å². The smallest absolute Gasteiger partial charge is 0.135 e. The van der Waals surface area contributed by atoms with Crippen LogP contribution in [0.5, 0.6) is 0 Å². The van der Waals surface area contributed by atoms with E-state index >= 15 is 0 Å². The number of nitrogens with one attached hydrogen (secondary N) is 2. The highest BCUT2D eigenvalue weighted by atomic mass is 79.9. The van der Waals surface area contributed by atoms with E-state index in [9.17, 15) is 0 Å². The van der Waals surface area contributed by atoms with E-state index in [2.05, 4.69) is 42.5 Å². The van der Waals surface area contributed by atoms with Gasteiger partial charge in [0.1, 0.15) is 11.5 Å². The fourth-order valence-electron chi connectivity index (χ4n) is 2.01. The number of rotatable bonds is 8. The van der Waals surface area contributed by atoms with Crippen LogP contribution in [0, 0.1) is 0 Å². The summed E-state index contributed by atoms with van der Waals surface area (Å²) >= 11 is 7.00. The summed E-state index contributed by atoms with van der Waals surface area (Å²) in [4.78, 5) is 0. The number of benzene rings is 1. The standard InChI is InChI=1S/C16H20Br2N2O2.2ClH/c1-11(21)9-19-6-7-20-10-13-3-5-16(22-13)14-4-2-12(17)8-15(14)18;;/h2-5,8,11,19-21H,6-7,9-10H2,1H3;2*1H. The molecular formula is C16H22Br2Cl2N2O2. The molecule has 2 aromatic rings. The van der Waals surface area contributed by atoms with Crippen molar-refractivity contribution in [3.8, 4) is 11.3 Å². The maximum Gasteiger partial charge on any atom is 0.135 e. The molecule has 0 bridgehead atoms. The molecule has 136 valence electrons. The SMILES string of the molecule is CC(O)CNCCNCc1ccc(-c2ccc(Br)cc2Br)o1.Cl.Cl. The molecule has 0 amide bonds. The maximum absolute atomic E-state index is 9.13. The monoisotopic (exact) mass is 502 g/mol. The van der Waals surface area contributed by atoms with Gasteiger partial charge in [-0.15, -0.1) is 24.8 Å². The van der Waals surface area contributed by atoms with Crippen LogP contribution < -0.4 is 10.6 Å². The van der Waals surface area contributed by atoms with Gasteiger partial charge in [0.25, 0.3) is 0 Å². The van der Waals surface area contributed by atoms with E-state index < -0.39 is 0 Å². The van der Waals surface area contributed by atoms with Crippen LogP contribution in [0.1, 0.15) is 12.7 Å². The van der Waals surface area contributed by atoms with E-state index in [4.69, 9.17) is 9.52 Å². The minimum Gasteiger partial charge on any atom is -0.460 e. The van der Waals surface area contributed by atoms with Gasteiger partial charge in [-0.05, 0) is 53.2 Å². The van der Waals surface area contributed by atoms with E-state index in [1.807, 2.05) is 30.3 Å². The molecule has 0 aliphatic heterocycles. The number of halogens is 4. The molecule has 1 aromatic carbocycles. The van der Waals surface area contributed by atoms with Crippen molar-refractivity contribution in [1.29, 1.82) is 0 Å². The normalized spacial score (nSPS) is 11.5.